The minimum atomic E-state index is -0.659. The van der Waals surface area contributed by atoms with E-state index in [0.29, 0.717) is 12.5 Å². The van der Waals surface area contributed by atoms with Crippen molar-refractivity contribution in [2.75, 3.05) is 20.3 Å². The molecule has 0 rings (SSSR count). The van der Waals surface area contributed by atoms with Gasteiger partial charge in [-0.15, -0.1) is 0 Å². The molecule has 0 radical (unpaired) electrons. The van der Waals surface area contributed by atoms with Crippen molar-refractivity contribution in [2.45, 2.75) is 19.9 Å². The number of hydrogen-bond acceptors (Lipinski definition) is 4. The van der Waals surface area contributed by atoms with Crippen molar-refractivity contribution in [1.82, 2.24) is 0 Å². The maximum Gasteiger partial charge on any atom is 0.325 e. The Balaban J connectivity index is 3.43. The van der Waals surface area contributed by atoms with E-state index in [2.05, 4.69) is 4.74 Å². The number of ether oxygens (including phenoxy) is 2. The molecule has 0 fully saturated rings. The van der Waals surface area contributed by atoms with Gasteiger partial charge in [-0.25, -0.2) is 0 Å². The summed E-state index contributed by atoms with van der Waals surface area (Å²) in [6, 6.07) is -0.659. The molecular weight excluding hydrogens is 158 g/mol. The van der Waals surface area contributed by atoms with Gasteiger partial charge in [0.1, 0.15) is 6.04 Å². The number of methoxy groups -OCH3 is 1. The van der Waals surface area contributed by atoms with E-state index in [1.165, 1.54) is 7.11 Å². The summed E-state index contributed by atoms with van der Waals surface area (Å²) in [7, 11) is 1.31. The predicted octanol–water partition coefficient (Wildman–Crippen LogP) is 0.159. The van der Waals surface area contributed by atoms with Crippen molar-refractivity contribution in [1.29, 1.82) is 0 Å². The maximum absolute atomic E-state index is 10.8. The predicted molar refractivity (Wildman–Crippen MR) is 45.6 cm³/mol. The summed E-state index contributed by atoms with van der Waals surface area (Å²) in [5.41, 5.74) is 5.41. The summed E-state index contributed by atoms with van der Waals surface area (Å²) >= 11 is 0. The molecule has 0 amide bonds. The van der Waals surface area contributed by atoms with Crippen LogP contribution in [0, 0.1) is 5.92 Å². The van der Waals surface area contributed by atoms with Crippen LogP contribution in [0.3, 0.4) is 0 Å². The highest BCUT2D eigenvalue weighted by Gasteiger charge is 2.13. The van der Waals surface area contributed by atoms with Gasteiger partial charge in [-0.1, -0.05) is 13.8 Å². The van der Waals surface area contributed by atoms with Crippen LogP contribution in [0.2, 0.25) is 0 Å². The Morgan fingerprint density at radius 3 is 2.42 bits per heavy atom. The monoisotopic (exact) mass is 175 g/mol. The van der Waals surface area contributed by atoms with Gasteiger partial charge in [0, 0.05) is 6.61 Å². The standard InChI is InChI=1S/C8H17NO3/c1-6(2)4-12-5-7(9)8(10)11-3/h6-7H,4-5,9H2,1-3H3/t7-/m0/s1. The average molecular weight is 175 g/mol. The van der Waals surface area contributed by atoms with E-state index in [-0.39, 0.29) is 6.61 Å². The van der Waals surface area contributed by atoms with Gasteiger partial charge in [0.15, 0.2) is 0 Å². The molecule has 12 heavy (non-hydrogen) atoms. The normalized spacial score (nSPS) is 13.1. The molecule has 1 atom stereocenters. The molecule has 0 aromatic carbocycles. The van der Waals surface area contributed by atoms with Crippen LogP contribution in [0.25, 0.3) is 0 Å². The van der Waals surface area contributed by atoms with Crippen molar-refractivity contribution in [3.63, 3.8) is 0 Å². The Kier molecular flexibility index (Phi) is 5.66. The lowest BCUT2D eigenvalue weighted by Crippen LogP contribution is -2.36. The Hall–Kier alpha value is -0.610. The highest BCUT2D eigenvalue weighted by molar-refractivity contribution is 5.75. The Morgan fingerprint density at radius 2 is 2.00 bits per heavy atom. The quantitative estimate of drug-likeness (QED) is 0.604. The minimum Gasteiger partial charge on any atom is -0.468 e. The second-order valence-corrected chi connectivity index (χ2v) is 3.06. The fourth-order valence-corrected chi connectivity index (χ4v) is 0.650. The minimum absolute atomic E-state index is 0.227. The molecule has 2 N–H and O–H groups in total. The third-order valence-electron chi connectivity index (χ3n) is 1.25. The van der Waals surface area contributed by atoms with Crippen LogP contribution >= 0.6 is 0 Å². The lowest BCUT2D eigenvalue weighted by molar-refractivity contribution is -0.143. The number of rotatable bonds is 5. The van der Waals surface area contributed by atoms with Gasteiger partial charge < -0.3 is 15.2 Å². The van der Waals surface area contributed by atoms with E-state index in [4.69, 9.17) is 10.5 Å². The third-order valence-corrected chi connectivity index (χ3v) is 1.25. The molecule has 4 nitrogen and oxygen atoms in total. The number of nitrogens with two attached hydrogens (primary N) is 1. The van der Waals surface area contributed by atoms with Crippen molar-refractivity contribution in [3.05, 3.63) is 0 Å². The molecule has 0 heterocycles. The van der Waals surface area contributed by atoms with Gasteiger partial charge in [-0.05, 0) is 5.92 Å². The first-order chi connectivity index (χ1) is 5.57. The van der Waals surface area contributed by atoms with E-state index < -0.39 is 12.0 Å². The van der Waals surface area contributed by atoms with Crippen LogP contribution in [0.4, 0.5) is 0 Å². The molecule has 0 saturated carbocycles. The van der Waals surface area contributed by atoms with Crippen LogP contribution in [-0.4, -0.2) is 32.3 Å². The van der Waals surface area contributed by atoms with Crippen LogP contribution in [0.1, 0.15) is 13.8 Å². The Bertz CT molecular complexity index is 136. The highest BCUT2D eigenvalue weighted by Crippen LogP contribution is 1.93. The fraction of sp³-hybridized carbons (Fsp3) is 0.875. The number of carbonyl (C=O) groups excluding carboxylic acids is 1. The zero-order chi connectivity index (χ0) is 9.56. The molecule has 0 bridgehead atoms. The van der Waals surface area contributed by atoms with Gasteiger partial charge in [0.25, 0.3) is 0 Å². The van der Waals surface area contributed by atoms with Gasteiger partial charge in [0.05, 0.1) is 13.7 Å². The van der Waals surface area contributed by atoms with Crippen molar-refractivity contribution in [3.8, 4) is 0 Å². The molecule has 0 saturated heterocycles. The van der Waals surface area contributed by atoms with Gasteiger partial charge in [-0.3, -0.25) is 4.79 Å². The Labute approximate surface area is 73.0 Å². The first kappa shape index (κ1) is 11.4. The summed E-state index contributed by atoms with van der Waals surface area (Å²) < 4.78 is 9.58. The number of esters is 1. The molecule has 0 spiro atoms. The van der Waals surface area contributed by atoms with Crippen LogP contribution < -0.4 is 5.73 Å². The van der Waals surface area contributed by atoms with Crippen LogP contribution in [0.15, 0.2) is 0 Å². The zero-order valence-electron chi connectivity index (χ0n) is 7.87. The molecule has 0 aliphatic heterocycles. The Morgan fingerprint density at radius 1 is 1.42 bits per heavy atom. The number of carbonyl (C=O) groups is 1. The summed E-state index contributed by atoms with van der Waals surface area (Å²) in [6.45, 7) is 4.91. The van der Waals surface area contributed by atoms with E-state index in [1.807, 2.05) is 13.8 Å². The topological polar surface area (TPSA) is 61.5 Å². The maximum atomic E-state index is 10.8. The molecule has 0 aliphatic rings. The lowest BCUT2D eigenvalue weighted by Gasteiger charge is -2.10. The van der Waals surface area contributed by atoms with Crippen molar-refractivity contribution in [2.24, 2.45) is 11.7 Å². The van der Waals surface area contributed by atoms with Crippen LogP contribution in [0.5, 0.6) is 0 Å². The van der Waals surface area contributed by atoms with Crippen molar-refractivity contribution < 1.29 is 14.3 Å². The molecule has 0 aromatic heterocycles. The average Bonchev–Trinajstić information content (AvgIpc) is 2.02. The lowest BCUT2D eigenvalue weighted by atomic mass is 10.2. The molecule has 72 valence electrons. The fourth-order valence-electron chi connectivity index (χ4n) is 0.650. The summed E-state index contributed by atoms with van der Waals surface area (Å²) in [4.78, 5) is 10.8. The zero-order valence-corrected chi connectivity index (χ0v) is 7.87. The third kappa shape index (κ3) is 5.09. The van der Waals surface area contributed by atoms with E-state index in [9.17, 15) is 4.79 Å². The summed E-state index contributed by atoms with van der Waals surface area (Å²) in [5, 5.41) is 0. The first-order valence-corrected chi connectivity index (χ1v) is 3.99. The second-order valence-electron chi connectivity index (χ2n) is 3.06. The van der Waals surface area contributed by atoms with Crippen LogP contribution in [-0.2, 0) is 14.3 Å². The summed E-state index contributed by atoms with van der Waals surface area (Å²) in [6.07, 6.45) is 0. The van der Waals surface area contributed by atoms with E-state index in [0.717, 1.165) is 0 Å². The highest BCUT2D eigenvalue weighted by atomic mass is 16.5. The van der Waals surface area contributed by atoms with E-state index >= 15 is 0 Å². The SMILES string of the molecule is COC(=O)[C@@H](N)COCC(C)C. The molecule has 4 heteroatoms. The van der Waals surface area contributed by atoms with E-state index in [1.54, 1.807) is 0 Å². The van der Waals surface area contributed by atoms with Gasteiger partial charge >= 0.3 is 5.97 Å². The smallest absolute Gasteiger partial charge is 0.325 e. The second kappa shape index (κ2) is 5.97. The van der Waals surface area contributed by atoms with Gasteiger partial charge in [0.2, 0.25) is 0 Å². The molecule has 0 aromatic rings. The molecule has 0 unspecified atom stereocenters. The van der Waals surface area contributed by atoms with Crippen molar-refractivity contribution >= 4 is 5.97 Å². The first-order valence-electron chi connectivity index (χ1n) is 3.99. The molecule has 0 aliphatic carbocycles. The summed E-state index contributed by atoms with van der Waals surface area (Å²) in [5.74, 6) is 0.0219. The largest absolute Gasteiger partial charge is 0.468 e. The number of hydrogen-bond donors (Lipinski definition) is 1. The molecular formula is C8H17NO3. The van der Waals surface area contributed by atoms with Gasteiger partial charge in [-0.2, -0.15) is 0 Å².